The van der Waals surface area contributed by atoms with Gasteiger partial charge in [0.15, 0.2) is 5.69 Å². The molecule has 1 aromatic heterocycles. The Morgan fingerprint density at radius 2 is 1.84 bits per heavy atom. The van der Waals surface area contributed by atoms with Gasteiger partial charge in [-0.15, -0.1) is 0 Å². The van der Waals surface area contributed by atoms with Gasteiger partial charge in [-0.1, -0.05) is 23.4 Å². The molecule has 2 fully saturated rings. The first-order valence-electron chi connectivity index (χ1n) is 9.05. The molecule has 132 valence electrons. The number of piperazine rings is 1. The van der Waals surface area contributed by atoms with Gasteiger partial charge in [-0.3, -0.25) is 9.69 Å². The van der Waals surface area contributed by atoms with Crippen LogP contribution in [0.2, 0.25) is 0 Å². The number of likely N-dealkylation sites (tertiary alicyclic amines) is 1. The van der Waals surface area contributed by atoms with Gasteiger partial charge in [0.2, 0.25) is 0 Å². The molecule has 0 N–H and O–H groups in total. The molecule has 2 aliphatic rings. The predicted molar refractivity (Wildman–Crippen MR) is 95.7 cm³/mol. The average molecular weight is 340 g/mol. The van der Waals surface area contributed by atoms with Crippen molar-refractivity contribution in [2.45, 2.75) is 18.9 Å². The Hall–Kier alpha value is -2.34. The van der Waals surface area contributed by atoms with E-state index < -0.39 is 0 Å². The zero-order chi connectivity index (χ0) is 17.1. The van der Waals surface area contributed by atoms with Gasteiger partial charge in [-0.05, 0) is 25.0 Å². The number of nitrogens with zero attached hydrogens (tertiary/aromatic N) is 4. The lowest BCUT2D eigenvalue weighted by Crippen LogP contribution is -2.55. The third-order valence-corrected chi connectivity index (χ3v) is 5.29. The van der Waals surface area contributed by atoms with E-state index in [0.717, 1.165) is 52.1 Å². The summed E-state index contributed by atoms with van der Waals surface area (Å²) >= 11 is 0. The van der Waals surface area contributed by atoms with E-state index in [2.05, 4.69) is 45.3 Å². The highest BCUT2D eigenvalue weighted by molar-refractivity contribution is 5.92. The zero-order valence-corrected chi connectivity index (χ0v) is 14.4. The SMILES string of the molecule is O=C(c1ccon1)N1CCC[C@@H](N2CCN(c3ccccc3)CC2)C1. The molecule has 2 aliphatic heterocycles. The smallest absolute Gasteiger partial charge is 0.276 e. The van der Waals surface area contributed by atoms with Crippen LogP contribution in [0, 0.1) is 0 Å². The molecule has 0 radical (unpaired) electrons. The molecule has 2 saturated heterocycles. The lowest BCUT2D eigenvalue weighted by molar-refractivity contribution is 0.0554. The number of benzene rings is 1. The maximum Gasteiger partial charge on any atom is 0.276 e. The van der Waals surface area contributed by atoms with Crippen LogP contribution in [0.1, 0.15) is 23.3 Å². The summed E-state index contributed by atoms with van der Waals surface area (Å²) in [5.74, 6) is -0.0126. The van der Waals surface area contributed by atoms with E-state index in [1.165, 1.54) is 12.0 Å². The van der Waals surface area contributed by atoms with Crippen molar-refractivity contribution < 1.29 is 9.32 Å². The number of hydrogen-bond donors (Lipinski definition) is 0. The van der Waals surface area contributed by atoms with Crippen molar-refractivity contribution in [1.82, 2.24) is 15.0 Å². The molecule has 3 heterocycles. The summed E-state index contributed by atoms with van der Waals surface area (Å²) in [4.78, 5) is 19.4. The fraction of sp³-hybridized carbons (Fsp3) is 0.474. The molecule has 0 bridgehead atoms. The van der Waals surface area contributed by atoms with E-state index in [-0.39, 0.29) is 5.91 Å². The molecule has 0 saturated carbocycles. The minimum atomic E-state index is -0.0126. The Morgan fingerprint density at radius 3 is 2.56 bits per heavy atom. The van der Waals surface area contributed by atoms with E-state index in [4.69, 9.17) is 4.52 Å². The van der Waals surface area contributed by atoms with Gasteiger partial charge in [-0.2, -0.15) is 0 Å². The van der Waals surface area contributed by atoms with Crippen molar-refractivity contribution in [2.24, 2.45) is 0 Å². The molecule has 6 nitrogen and oxygen atoms in total. The molecule has 0 unspecified atom stereocenters. The quantitative estimate of drug-likeness (QED) is 0.856. The highest BCUT2D eigenvalue weighted by Crippen LogP contribution is 2.21. The van der Waals surface area contributed by atoms with Crippen LogP contribution in [0.15, 0.2) is 47.2 Å². The molecule has 1 aromatic carbocycles. The van der Waals surface area contributed by atoms with Gasteiger partial charge in [0.05, 0.1) is 0 Å². The maximum atomic E-state index is 12.5. The van der Waals surface area contributed by atoms with E-state index in [9.17, 15) is 4.79 Å². The minimum Gasteiger partial charge on any atom is -0.369 e. The second-order valence-corrected chi connectivity index (χ2v) is 6.79. The highest BCUT2D eigenvalue weighted by Gasteiger charge is 2.31. The van der Waals surface area contributed by atoms with Crippen molar-refractivity contribution in [3.63, 3.8) is 0 Å². The van der Waals surface area contributed by atoms with Gasteiger partial charge in [0, 0.05) is 57.1 Å². The fourth-order valence-corrected chi connectivity index (χ4v) is 3.91. The molecule has 4 rings (SSSR count). The van der Waals surface area contributed by atoms with Gasteiger partial charge < -0.3 is 14.3 Å². The van der Waals surface area contributed by atoms with Gasteiger partial charge in [-0.25, -0.2) is 0 Å². The Labute approximate surface area is 148 Å². The highest BCUT2D eigenvalue weighted by atomic mass is 16.5. The molecular weight excluding hydrogens is 316 g/mol. The Kier molecular flexibility index (Phi) is 4.70. The molecular formula is C19H24N4O2. The Balaban J connectivity index is 1.34. The summed E-state index contributed by atoms with van der Waals surface area (Å²) in [7, 11) is 0. The summed E-state index contributed by atoms with van der Waals surface area (Å²) in [6.45, 7) is 5.77. The second-order valence-electron chi connectivity index (χ2n) is 6.79. The molecule has 0 spiro atoms. The molecule has 0 aliphatic carbocycles. The van der Waals surface area contributed by atoms with E-state index in [0.29, 0.717) is 11.7 Å². The van der Waals surface area contributed by atoms with E-state index in [1.54, 1.807) is 6.07 Å². The number of carbonyl (C=O) groups excluding carboxylic acids is 1. The zero-order valence-electron chi connectivity index (χ0n) is 14.4. The molecule has 2 aromatic rings. The third kappa shape index (κ3) is 3.54. The maximum absolute atomic E-state index is 12.5. The van der Waals surface area contributed by atoms with Gasteiger partial charge in [0.1, 0.15) is 6.26 Å². The number of aromatic nitrogens is 1. The summed E-state index contributed by atoms with van der Waals surface area (Å²) in [6, 6.07) is 12.7. The van der Waals surface area contributed by atoms with Crippen molar-refractivity contribution in [2.75, 3.05) is 44.2 Å². The Bertz CT molecular complexity index is 681. The van der Waals surface area contributed by atoms with Gasteiger partial charge in [0.25, 0.3) is 5.91 Å². The number of piperidine rings is 1. The van der Waals surface area contributed by atoms with Crippen molar-refractivity contribution >= 4 is 11.6 Å². The number of carbonyl (C=O) groups is 1. The lowest BCUT2D eigenvalue weighted by Gasteiger charge is -2.43. The van der Waals surface area contributed by atoms with Gasteiger partial charge >= 0.3 is 0 Å². The summed E-state index contributed by atoms with van der Waals surface area (Å²) in [5, 5.41) is 3.79. The van der Waals surface area contributed by atoms with Crippen LogP contribution in [-0.2, 0) is 0 Å². The number of anilines is 1. The normalized spacial score (nSPS) is 22.2. The minimum absolute atomic E-state index is 0.0126. The number of rotatable bonds is 3. The summed E-state index contributed by atoms with van der Waals surface area (Å²) in [6.07, 6.45) is 3.67. The number of para-hydroxylation sites is 1. The van der Waals surface area contributed by atoms with Crippen molar-refractivity contribution in [1.29, 1.82) is 0 Å². The first-order chi connectivity index (χ1) is 12.3. The number of amides is 1. The monoisotopic (exact) mass is 340 g/mol. The van der Waals surface area contributed by atoms with E-state index >= 15 is 0 Å². The third-order valence-electron chi connectivity index (χ3n) is 5.29. The van der Waals surface area contributed by atoms with E-state index in [1.807, 2.05) is 4.90 Å². The lowest BCUT2D eigenvalue weighted by atomic mass is 10.0. The molecule has 1 amide bonds. The van der Waals surface area contributed by atoms with Crippen LogP contribution >= 0.6 is 0 Å². The van der Waals surface area contributed by atoms with Crippen LogP contribution < -0.4 is 4.90 Å². The van der Waals surface area contributed by atoms with Crippen molar-refractivity contribution in [3.8, 4) is 0 Å². The van der Waals surface area contributed by atoms with Crippen LogP contribution in [0.25, 0.3) is 0 Å². The standard InChI is InChI=1S/C19H24N4O2/c24-19(18-8-14-25-20-18)23-9-4-7-17(15-23)22-12-10-21(11-13-22)16-5-2-1-3-6-16/h1-3,5-6,8,14,17H,4,7,9-13,15H2/t17-/m1/s1. The van der Waals surface area contributed by atoms with Crippen LogP contribution in [0.5, 0.6) is 0 Å². The first-order valence-corrected chi connectivity index (χ1v) is 9.05. The van der Waals surface area contributed by atoms with Crippen LogP contribution in [0.4, 0.5) is 5.69 Å². The first kappa shape index (κ1) is 16.1. The summed E-state index contributed by atoms with van der Waals surface area (Å²) < 4.78 is 4.81. The van der Waals surface area contributed by atoms with Crippen LogP contribution in [-0.4, -0.2) is 66.2 Å². The molecule has 1 atom stereocenters. The largest absolute Gasteiger partial charge is 0.369 e. The predicted octanol–water partition coefficient (Wildman–Crippen LogP) is 2.10. The fourth-order valence-electron chi connectivity index (χ4n) is 3.91. The number of hydrogen-bond acceptors (Lipinski definition) is 5. The van der Waals surface area contributed by atoms with Crippen LogP contribution in [0.3, 0.4) is 0 Å². The second kappa shape index (κ2) is 7.27. The summed E-state index contributed by atoms with van der Waals surface area (Å²) in [5.41, 5.74) is 1.71. The topological polar surface area (TPSA) is 52.8 Å². The van der Waals surface area contributed by atoms with Crippen molar-refractivity contribution in [3.05, 3.63) is 48.4 Å². The molecule has 25 heavy (non-hydrogen) atoms. The Morgan fingerprint density at radius 1 is 1.04 bits per heavy atom. The molecule has 6 heteroatoms. The average Bonchev–Trinajstić information content (AvgIpc) is 3.23.